The first-order valence-corrected chi connectivity index (χ1v) is 34.5. The number of quaternary nitrogens is 1. The van der Waals surface area contributed by atoms with Gasteiger partial charge in [-0.3, -0.25) is 14.2 Å². The van der Waals surface area contributed by atoms with Crippen LogP contribution in [0, 0.1) is 0 Å². The van der Waals surface area contributed by atoms with Crippen molar-refractivity contribution in [3.05, 3.63) is 134 Å². The molecule has 0 fully saturated rings. The van der Waals surface area contributed by atoms with Crippen LogP contribution < -0.4 is 10.2 Å². The molecule has 0 radical (unpaired) electrons. The van der Waals surface area contributed by atoms with Crippen LogP contribution in [0.5, 0.6) is 0 Å². The molecule has 3 atom stereocenters. The monoisotopic (exact) mass is 1160 g/mol. The average molecular weight is 1160 g/mol. The number of carbonyl (C=O) groups is 2. The first-order valence-electron chi connectivity index (χ1n) is 33.0. The van der Waals surface area contributed by atoms with Crippen LogP contribution in [0.1, 0.15) is 258 Å². The van der Waals surface area contributed by atoms with Crippen LogP contribution in [0.3, 0.4) is 0 Å². The van der Waals surface area contributed by atoms with Gasteiger partial charge >= 0.3 is 5.97 Å². The molecule has 0 heterocycles. The number of carbonyl (C=O) groups excluding carboxylic acids is 2. The Bertz CT molecular complexity index is 1860. The number of hydrogen-bond acceptors (Lipinski definition) is 7. The first-order chi connectivity index (χ1) is 39.9. The third-order valence-electron chi connectivity index (χ3n) is 13.8. The van der Waals surface area contributed by atoms with Crippen LogP contribution >= 0.6 is 7.82 Å². The van der Waals surface area contributed by atoms with E-state index >= 15 is 0 Å². The summed E-state index contributed by atoms with van der Waals surface area (Å²) in [6, 6.07) is -0.922. The van der Waals surface area contributed by atoms with E-state index in [9.17, 15) is 19.0 Å². The van der Waals surface area contributed by atoms with Gasteiger partial charge in [-0.1, -0.05) is 251 Å². The summed E-state index contributed by atoms with van der Waals surface area (Å²) in [5.74, 6) is -0.602. The van der Waals surface area contributed by atoms with E-state index in [1.165, 1.54) is 77.0 Å². The molecule has 3 unspecified atom stereocenters. The summed E-state index contributed by atoms with van der Waals surface area (Å²) in [5.41, 5.74) is 0. The van der Waals surface area contributed by atoms with Crippen molar-refractivity contribution in [1.29, 1.82) is 0 Å². The van der Waals surface area contributed by atoms with E-state index in [4.69, 9.17) is 13.8 Å². The Hall–Kier alpha value is -3.85. The fourth-order valence-corrected chi connectivity index (χ4v) is 9.47. The molecule has 9 nitrogen and oxygen atoms in total. The Balaban J connectivity index is 5.27. The summed E-state index contributed by atoms with van der Waals surface area (Å²) < 4.78 is 30.3. The number of phosphoric acid groups is 1. The molecule has 0 aliphatic heterocycles. The number of amides is 1. The lowest BCUT2D eigenvalue weighted by Crippen LogP contribution is -2.47. The van der Waals surface area contributed by atoms with Crippen LogP contribution in [-0.2, 0) is 27.9 Å². The van der Waals surface area contributed by atoms with Gasteiger partial charge in [0.25, 0.3) is 7.82 Å². The number of phosphoric ester groups is 1. The molecule has 1 N–H and O–H groups in total. The third-order valence-corrected chi connectivity index (χ3v) is 14.8. The lowest BCUT2D eigenvalue weighted by atomic mass is 10.0. The zero-order valence-electron chi connectivity index (χ0n) is 53.4. The molecule has 0 aromatic rings. The summed E-state index contributed by atoms with van der Waals surface area (Å²) in [4.78, 5) is 40.1. The van der Waals surface area contributed by atoms with Crippen molar-refractivity contribution in [3.63, 3.8) is 0 Å². The Labute approximate surface area is 505 Å². The van der Waals surface area contributed by atoms with Gasteiger partial charge in [0.2, 0.25) is 5.91 Å². The van der Waals surface area contributed by atoms with Crippen LogP contribution in [0.25, 0.3) is 0 Å². The number of esters is 1. The normalized spacial score (nSPS) is 14.5. The second kappa shape index (κ2) is 60.3. The minimum absolute atomic E-state index is 0.0387. The number of unbranched alkanes of at least 4 members (excludes halogenated alkanes) is 22. The number of ether oxygens (including phenoxy) is 1. The number of rotatable bonds is 58. The van der Waals surface area contributed by atoms with E-state index in [0.717, 1.165) is 135 Å². The van der Waals surface area contributed by atoms with Gasteiger partial charge in [-0.15, -0.1) is 0 Å². The molecule has 0 saturated carbocycles. The summed E-state index contributed by atoms with van der Waals surface area (Å²) in [6.07, 6.45) is 85.6. The van der Waals surface area contributed by atoms with E-state index in [1.54, 1.807) is 0 Å². The number of allylic oxidation sites excluding steroid dienone is 21. The SMILES string of the molecule is CC/C=C\C/C=C\C/C=C\C/C=C\C/C=C\C/C=C\CCCCCCCCC(=O)OC(/C=C\CCCCCCCCCCCC)C(COP(=O)([O-])OCC[N+](C)(C)C)NC(=O)CCCCC/C=C\C/C=C\C/C=C\C/C=C\CCCCC. The zero-order valence-corrected chi connectivity index (χ0v) is 54.3. The summed E-state index contributed by atoms with van der Waals surface area (Å²) in [5, 5.41) is 3.01. The van der Waals surface area contributed by atoms with E-state index in [2.05, 4.69) is 148 Å². The number of nitrogens with one attached hydrogen (secondary N) is 1. The van der Waals surface area contributed by atoms with Gasteiger partial charge in [0.1, 0.15) is 19.3 Å². The molecule has 0 aromatic carbocycles. The molecule has 0 aromatic heterocycles. The fourth-order valence-electron chi connectivity index (χ4n) is 8.74. The smallest absolute Gasteiger partial charge is 0.306 e. The van der Waals surface area contributed by atoms with Crippen LogP contribution in [0.4, 0.5) is 0 Å². The summed E-state index contributed by atoms with van der Waals surface area (Å²) in [7, 11) is 1.13. The average Bonchev–Trinajstić information content (AvgIpc) is 3.44. The summed E-state index contributed by atoms with van der Waals surface area (Å²) >= 11 is 0. The molecular formula is C72H123N2O7P. The highest BCUT2D eigenvalue weighted by Gasteiger charge is 2.27. The van der Waals surface area contributed by atoms with Crippen molar-refractivity contribution in [2.24, 2.45) is 0 Å². The predicted octanol–water partition coefficient (Wildman–Crippen LogP) is 20.2. The zero-order chi connectivity index (χ0) is 60.0. The van der Waals surface area contributed by atoms with Crippen LogP contribution in [-0.4, -0.2) is 69.4 Å². The van der Waals surface area contributed by atoms with Gasteiger partial charge < -0.3 is 28.5 Å². The van der Waals surface area contributed by atoms with Gasteiger partial charge in [0.05, 0.1) is 33.8 Å². The van der Waals surface area contributed by atoms with Crippen molar-refractivity contribution in [3.8, 4) is 0 Å². The van der Waals surface area contributed by atoms with E-state index in [1.807, 2.05) is 33.3 Å². The summed E-state index contributed by atoms with van der Waals surface area (Å²) in [6.45, 7) is 6.65. The molecule has 1 amide bonds. The van der Waals surface area contributed by atoms with E-state index in [0.29, 0.717) is 23.9 Å². The molecular weight excluding hydrogens is 1040 g/mol. The highest BCUT2D eigenvalue weighted by Crippen LogP contribution is 2.38. The molecule has 468 valence electrons. The van der Waals surface area contributed by atoms with Crippen molar-refractivity contribution in [2.45, 2.75) is 270 Å². The lowest BCUT2D eigenvalue weighted by Gasteiger charge is -2.30. The van der Waals surface area contributed by atoms with Gasteiger partial charge in [-0.05, 0) is 128 Å². The molecule has 82 heavy (non-hydrogen) atoms. The van der Waals surface area contributed by atoms with E-state index < -0.39 is 26.6 Å². The Morgan fingerprint density at radius 2 is 0.780 bits per heavy atom. The van der Waals surface area contributed by atoms with Gasteiger partial charge in [-0.25, -0.2) is 0 Å². The van der Waals surface area contributed by atoms with Crippen LogP contribution in [0.2, 0.25) is 0 Å². The lowest BCUT2D eigenvalue weighted by molar-refractivity contribution is -0.870. The van der Waals surface area contributed by atoms with Gasteiger partial charge in [0.15, 0.2) is 0 Å². The first kappa shape index (κ1) is 78.1. The highest BCUT2D eigenvalue weighted by molar-refractivity contribution is 7.45. The Kier molecular flexibility index (Phi) is 57.4. The maximum absolute atomic E-state index is 13.5. The second-order valence-electron chi connectivity index (χ2n) is 22.9. The Morgan fingerprint density at radius 1 is 0.439 bits per heavy atom. The van der Waals surface area contributed by atoms with E-state index in [-0.39, 0.29) is 31.3 Å². The largest absolute Gasteiger partial charge is 0.756 e. The topological polar surface area (TPSA) is 114 Å². The molecule has 0 bridgehead atoms. The molecule has 10 heteroatoms. The second-order valence-corrected chi connectivity index (χ2v) is 24.3. The standard InChI is InChI=1S/C72H123N2O7P/c1-7-10-13-16-19-22-25-28-30-32-34-35-36-37-38-39-41-43-45-47-50-53-56-59-62-65-72(76)81-70(63-60-57-54-51-48-27-24-21-18-15-12-9-3)69(68-80-82(77,78)79-67-66-74(4,5)6)73-71(75)64-61-58-55-52-49-46-44-42-40-33-31-29-26-23-20-17-14-11-8-2/h10,13,19-20,22-23,28-31,34-35,37-38,40-43,46,49,60,63,69-70H,7-9,11-12,14-18,21,24-27,32-33,36,39,44-45,47-48,50-59,61-62,64-68H2,1-6H3,(H-,73,75,77,78)/b13-10-,22-19-,23-20-,30-28-,31-29-,35-34-,38-37-,42-40-,43-41-,49-46-,63-60-. The maximum atomic E-state index is 13.5. The van der Waals surface area contributed by atoms with Crippen molar-refractivity contribution < 1.29 is 37.3 Å². The quantitative estimate of drug-likeness (QED) is 0.0212. The molecule has 0 rings (SSSR count). The molecule has 0 saturated heterocycles. The minimum Gasteiger partial charge on any atom is -0.756 e. The minimum atomic E-state index is -4.72. The van der Waals surface area contributed by atoms with Gasteiger partial charge in [-0.2, -0.15) is 0 Å². The molecule has 0 aliphatic carbocycles. The third kappa shape index (κ3) is 60.7. The number of nitrogens with zero attached hydrogens (tertiary/aromatic N) is 1. The Morgan fingerprint density at radius 3 is 1.21 bits per heavy atom. The number of likely N-dealkylation sites (N-methyl/N-ethyl adjacent to an activating group) is 1. The molecule has 0 aliphatic rings. The number of hydrogen-bond donors (Lipinski definition) is 1. The van der Waals surface area contributed by atoms with Crippen molar-refractivity contribution in [1.82, 2.24) is 5.32 Å². The molecule has 0 spiro atoms. The van der Waals surface area contributed by atoms with Gasteiger partial charge in [0, 0.05) is 12.8 Å². The van der Waals surface area contributed by atoms with Crippen LogP contribution in [0.15, 0.2) is 134 Å². The maximum Gasteiger partial charge on any atom is 0.306 e. The highest BCUT2D eigenvalue weighted by atomic mass is 31.2. The fraction of sp³-hybridized carbons (Fsp3) is 0.667. The van der Waals surface area contributed by atoms with Crippen molar-refractivity contribution >= 4 is 19.7 Å². The predicted molar refractivity (Wildman–Crippen MR) is 353 cm³/mol. The van der Waals surface area contributed by atoms with Crippen molar-refractivity contribution in [2.75, 3.05) is 40.9 Å².